The van der Waals surface area contributed by atoms with Gasteiger partial charge in [0.05, 0.1) is 7.11 Å². The average Bonchev–Trinajstić information content (AvgIpc) is 2.65. The van der Waals surface area contributed by atoms with Gasteiger partial charge in [-0.05, 0) is 62.4 Å². The molecule has 0 spiro atoms. The fraction of sp³-hybridized carbons (Fsp3) is 0.182. The third-order valence-corrected chi connectivity index (χ3v) is 3.92. The first-order valence-electron chi connectivity index (χ1n) is 8.24. The summed E-state index contributed by atoms with van der Waals surface area (Å²) >= 11 is 0. The average molecular weight is 334 g/mol. The van der Waals surface area contributed by atoms with Gasteiger partial charge in [0.25, 0.3) is 6.29 Å². The molecule has 0 aliphatic carbocycles. The van der Waals surface area contributed by atoms with Crippen molar-refractivity contribution in [2.45, 2.75) is 20.1 Å². The summed E-state index contributed by atoms with van der Waals surface area (Å²) in [6, 6.07) is 23.6. The molecule has 128 valence electrons. The molecule has 0 fully saturated rings. The number of ether oxygens (including phenoxy) is 3. The highest BCUT2D eigenvalue weighted by molar-refractivity contribution is 5.32. The second-order valence-corrected chi connectivity index (χ2v) is 5.97. The maximum absolute atomic E-state index is 6.10. The SMILES string of the molecule is COc1ccc(C(Oc2ccc(C)cc2)Oc2ccc(C)cc2)cc1. The van der Waals surface area contributed by atoms with Gasteiger partial charge < -0.3 is 14.2 Å². The molecular formula is C22H22O3. The maximum atomic E-state index is 6.10. The molecule has 3 heteroatoms. The van der Waals surface area contributed by atoms with Crippen molar-refractivity contribution < 1.29 is 14.2 Å². The van der Waals surface area contributed by atoms with E-state index in [9.17, 15) is 0 Å². The fourth-order valence-electron chi connectivity index (χ4n) is 2.40. The highest BCUT2D eigenvalue weighted by atomic mass is 16.7. The van der Waals surface area contributed by atoms with Crippen molar-refractivity contribution in [3.05, 3.63) is 89.5 Å². The van der Waals surface area contributed by atoms with Crippen LogP contribution in [0.4, 0.5) is 0 Å². The first kappa shape index (κ1) is 16.9. The summed E-state index contributed by atoms with van der Waals surface area (Å²) in [5.74, 6) is 2.32. The molecule has 0 saturated carbocycles. The van der Waals surface area contributed by atoms with E-state index in [1.807, 2.05) is 86.6 Å². The van der Waals surface area contributed by atoms with Gasteiger partial charge in [0.2, 0.25) is 0 Å². The Hall–Kier alpha value is -2.94. The van der Waals surface area contributed by atoms with Gasteiger partial charge in [-0.3, -0.25) is 0 Å². The molecule has 0 radical (unpaired) electrons. The Bertz CT molecular complexity index is 743. The van der Waals surface area contributed by atoms with Crippen LogP contribution in [0.5, 0.6) is 17.2 Å². The van der Waals surface area contributed by atoms with Gasteiger partial charge in [0.15, 0.2) is 0 Å². The first-order valence-corrected chi connectivity index (χ1v) is 8.24. The van der Waals surface area contributed by atoms with Gasteiger partial charge in [0, 0.05) is 5.56 Å². The zero-order valence-electron chi connectivity index (χ0n) is 14.7. The molecule has 0 aliphatic heterocycles. The van der Waals surface area contributed by atoms with Crippen LogP contribution < -0.4 is 14.2 Å². The van der Waals surface area contributed by atoms with E-state index in [-0.39, 0.29) is 0 Å². The van der Waals surface area contributed by atoms with Gasteiger partial charge in [-0.25, -0.2) is 0 Å². The Balaban J connectivity index is 1.85. The van der Waals surface area contributed by atoms with Crippen LogP contribution in [0.25, 0.3) is 0 Å². The van der Waals surface area contributed by atoms with Crippen molar-refractivity contribution >= 4 is 0 Å². The Morgan fingerprint density at radius 1 is 0.560 bits per heavy atom. The summed E-state index contributed by atoms with van der Waals surface area (Å²) in [6.07, 6.45) is -0.545. The van der Waals surface area contributed by atoms with Crippen molar-refractivity contribution in [1.82, 2.24) is 0 Å². The van der Waals surface area contributed by atoms with Crippen LogP contribution in [0.2, 0.25) is 0 Å². The normalized spacial score (nSPS) is 10.6. The fourth-order valence-corrected chi connectivity index (χ4v) is 2.40. The van der Waals surface area contributed by atoms with Crippen molar-refractivity contribution in [2.75, 3.05) is 7.11 Å². The van der Waals surface area contributed by atoms with Gasteiger partial charge in [-0.2, -0.15) is 0 Å². The van der Waals surface area contributed by atoms with Crippen LogP contribution in [-0.4, -0.2) is 7.11 Å². The Kier molecular flexibility index (Phi) is 5.24. The zero-order valence-corrected chi connectivity index (χ0v) is 14.7. The number of hydrogen-bond acceptors (Lipinski definition) is 3. The zero-order chi connectivity index (χ0) is 17.6. The topological polar surface area (TPSA) is 27.7 Å². The van der Waals surface area contributed by atoms with E-state index in [1.165, 1.54) is 11.1 Å². The van der Waals surface area contributed by atoms with Gasteiger partial charge in [0.1, 0.15) is 17.2 Å². The van der Waals surface area contributed by atoms with E-state index < -0.39 is 6.29 Å². The van der Waals surface area contributed by atoms with E-state index in [2.05, 4.69) is 0 Å². The molecule has 3 aromatic carbocycles. The van der Waals surface area contributed by atoms with Crippen LogP contribution in [0.3, 0.4) is 0 Å². The van der Waals surface area contributed by atoms with E-state index in [4.69, 9.17) is 14.2 Å². The highest BCUT2D eigenvalue weighted by Gasteiger charge is 2.16. The molecule has 0 saturated heterocycles. The predicted octanol–water partition coefficient (Wildman–Crippen LogP) is 5.47. The molecule has 0 aliphatic rings. The standard InChI is InChI=1S/C22H22O3/c1-16-4-10-20(11-5-16)24-22(18-8-14-19(23-3)15-9-18)25-21-12-6-17(2)7-13-21/h4-15,22H,1-3H3. The van der Waals surface area contributed by atoms with Crippen molar-refractivity contribution in [3.63, 3.8) is 0 Å². The molecular weight excluding hydrogens is 312 g/mol. The van der Waals surface area contributed by atoms with E-state index in [1.54, 1.807) is 7.11 Å². The van der Waals surface area contributed by atoms with Crippen molar-refractivity contribution in [3.8, 4) is 17.2 Å². The smallest absolute Gasteiger partial charge is 0.267 e. The second kappa shape index (κ2) is 7.75. The van der Waals surface area contributed by atoms with Crippen LogP contribution in [0, 0.1) is 13.8 Å². The summed E-state index contributed by atoms with van der Waals surface area (Å²) in [6.45, 7) is 4.10. The van der Waals surface area contributed by atoms with Crippen LogP contribution in [0.1, 0.15) is 23.0 Å². The highest BCUT2D eigenvalue weighted by Crippen LogP contribution is 2.27. The number of benzene rings is 3. The number of methoxy groups -OCH3 is 1. The lowest BCUT2D eigenvalue weighted by molar-refractivity contribution is 0.00377. The molecule has 0 amide bonds. The lowest BCUT2D eigenvalue weighted by Crippen LogP contribution is -2.15. The molecule has 0 unspecified atom stereocenters. The van der Waals surface area contributed by atoms with Crippen LogP contribution in [-0.2, 0) is 0 Å². The molecule has 0 bridgehead atoms. The molecule has 3 rings (SSSR count). The summed E-state index contributed by atoms with van der Waals surface area (Å²) in [5.41, 5.74) is 3.29. The summed E-state index contributed by atoms with van der Waals surface area (Å²) < 4.78 is 17.4. The van der Waals surface area contributed by atoms with E-state index in [0.717, 1.165) is 22.8 Å². The minimum atomic E-state index is -0.545. The van der Waals surface area contributed by atoms with Gasteiger partial charge in [-0.1, -0.05) is 35.4 Å². The molecule has 0 N–H and O–H groups in total. The second-order valence-electron chi connectivity index (χ2n) is 5.97. The van der Waals surface area contributed by atoms with E-state index >= 15 is 0 Å². The number of hydrogen-bond donors (Lipinski definition) is 0. The molecule has 3 nitrogen and oxygen atoms in total. The molecule has 0 heterocycles. The lowest BCUT2D eigenvalue weighted by Gasteiger charge is -2.21. The summed E-state index contributed by atoms with van der Waals surface area (Å²) in [7, 11) is 1.65. The first-order chi connectivity index (χ1) is 12.1. The Morgan fingerprint density at radius 3 is 1.36 bits per heavy atom. The van der Waals surface area contributed by atoms with Gasteiger partial charge >= 0.3 is 0 Å². The number of aryl methyl sites for hydroxylation is 2. The number of rotatable bonds is 6. The van der Waals surface area contributed by atoms with E-state index in [0.29, 0.717) is 0 Å². The largest absolute Gasteiger partial charge is 0.497 e. The molecule has 0 aromatic heterocycles. The predicted molar refractivity (Wildman–Crippen MR) is 99.3 cm³/mol. The van der Waals surface area contributed by atoms with Crippen molar-refractivity contribution in [1.29, 1.82) is 0 Å². The lowest BCUT2D eigenvalue weighted by atomic mass is 10.2. The van der Waals surface area contributed by atoms with Crippen molar-refractivity contribution in [2.24, 2.45) is 0 Å². The Labute approximate surface area is 148 Å². The van der Waals surface area contributed by atoms with Crippen LogP contribution >= 0.6 is 0 Å². The quantitative estimate of drug-likeness (QED) is 0.560. The Morgan fingerprint density at radius 2 is 0.960 bits per heavy atom. The molecule has 3 aromatic rings. The third-order valence-electron chi connectivity index (χ3n) is 3.92. The molecule has 0 atom stereocenters. The minimum Gasteiger partial charge on any atom is -0.497 e. The third kappa shape index (κ3) is 4.54. The van der Waals surface area contributed by atoms with Crippen LogP contribution in [0.15, 0.2) is 72.8 Å². The monoisotopic (exact) mass is 334 g/mol. The minimum absolute atomic E-state index is 0.545. The molecule has 25 heavy (non-hydrogen) atoms. The summed E-state index contributed by atoms with van der Waals surface area (Å²) in [5, 5.41) is 0. The summed E-state index contributed by atoms with van der Waals surface area (Å²) in [4.78, 5) is 0. The van der Waals surface area contributed by atoms with Gasteiger partial charge in [-0.15, -0.1) is 0 Å². The maximum Gasteiger partial charge on any atom is 0.267 e.